The quantitative estimate of drug-likeness (QED) is 0.335. The average molecular weight is 451 g/mol. The smallest absolute Gasteiger partial charge is 0.237 e. The van der Waals surface area contributed by atoms with Crippen molar-refractivity contribution in [3.63, 3.8) is 0 Å². The van der Waals surface area contributed by atoms with E-state index in [9.17, 15) is 4.79 Å². The fraction of sp³-hybridized carbons (Fsp3) is 0.320. The largest absolute Gasteiger partial charge is 0.496 e. The molecule has 0 bridgehead atoms. The average Bonchev–Trinajstić information content (AvgIpc) is 3.17. The summed E-state index contributed by atoms with van der Waals surface area (Å²) in [6.45, 7) is 12.5. The third-order valence-corrected chi connectivity index (χ3v) is 6.28. The van der Waals surface area contributed by atoms with E-state index in [2.05, 4.69) is 42.0 Å². The van der Waals surface area contributed by atoms with Crippen LogP contribution in [0.3, 0.4) is 0 Å². The lowest BCUT2D eigenvalue weighted by Gasteiger charge is -2.18. The number of methoxy groups -OCH3 is 1. The van der Waals surface area contributed by atoms with Crippen LogP contribution < -0.4 is 10.1 Å². The van der Waals surface area contributed by atoms with E-state index >= 15 is 0 Å². The second-order valence-corrected chi connectivity index (χ2v) is 9.16. The number of para-hydroxylation sites is 2. The number of amides is 1. The Bertz CT molecular complexity index is 1110. The summed E-state index contributed by atoms with van der Waals surface area (Å²) in [4.78, 5) is 13.1. The molecular weight excluding hydrogens is 420 g/mol. The fourth-order valence-electron chi connectivity index (χ4n) is 3.48. The summed E-state index contributed by atoms with van der Waals surface area (Å²) >= 11 is 1.38. The van der Waals surface area contributed by atoms with Crippen molar-refractivity contribution in [2.75, 3.05) is 12.4 Å². The van der Waals surface area contributed by atoms with Crippen LogP contribution in [-0.2, 0) is 11.3 Å². The zero-order chi connectivity index (χ0) is 23.3. The molecule has 2 aromatic carbocycles. The first-order chi connectivity index (χ1) is 15.4. The molecule has 1 unspecified atom stereocenters. The minimum absolute atomic E-state index is 0.0711. The van der Waals surface area contributed by atoms with E-state index in [0.29, 0.717) is 29.2 Å². The molecule has 1 aromatic heterocycles. The number of anilines is 1. The maximum Gasteiger partial charge on any atom is 0.237 e. The number of ether oxygens (including phenoxy) is 1. The van der Waals surface area contributed by atoms with Crippen molar-refractivity contribution >= 4 is 23.4 Å². The molecule has 1 heterocycles. The monoisotopic (exact) mass is 450 g/mol. The molecule has 0 aliphatic rings. The van der Waals surface area contributed by atoms with E-state index in [1.807, 2.05) is 54.8 Å². The van der Waals surface area contributed by atoms with Crippen LogP contribution in [0.1, 0.15) is 37.8 Å². The summed E-state index contributed by atoms with van der Waals surface area (Å²) in [5, 5.41) is 12.2. The molecule has 32 heavy (non-hydrogen) atoms. The number of thioether (sulfide) groups is 1. The Morgan fingerprint density at radius 2 is 1.94 bits per heavy atom. The first kappa shape index (κ1) is 23.6. The number of hydrogen-bond donors (Lipinski definition) is 1. The zero-order valence-corrected chi connectivity index (χ0v) is 20.1. The minimum atomic E-state index is -0.368. The molecule has 3 rings (SSSR count). The van der Waals surface area contributed by atoms with E-state index in [1.54, 1.807) is 13.2 Å². The number of rotatable bonds is 9. The highest BCUT2D eigenvalue weighted by Crippen LogP contribution is 2.33. The molecule has 0 fully saturated rings. The van der Waals surface area contributed by atoms with Crippen molar-refractivity contribution in [2.45, 2.75) is 50.6 Å². The molecule has 3 aromatic rings. The molecule has 0 spiro atoms. The molecule has 0 saturated heterocycles. The lowest BCUT2D eigenvalue weighted by atomic mass is 9.98. The number of nitrogens with zero attached hydrogens (tertiary/aromatic N) is 3. The number of hydrogen-bond acceptors (Lipinski definition) is 5. The van der Waals surface area contributed by atoms with Gasteiger partial charge >= 0.3 is 0 Å². The lowest BCUT2D eigenvalue weighted by molar-refractivity contribution is -0.115. The predicted octanol–water partition coefficient (Wildman–Crippen LogP) is 5.69. The van der Waals surface area contributed by atoms with Crippen molar-refractivity contribution in [1.29, 1.82) is 0 Å². The molecule has 1 amide bonds. The molecule has 6 nitrogen and oxygen atoms in total. The van der Waals surface area contributed by atoms with Crippen LogP contribution in [0.15, 0.2) is 60.3 Å². The minimum Gasteiger partial charge on any atom is -0.496 e. The van der Waals surface area contributed by atoms with Gasteiger partial charge in [-0.1, -0.05) is 62.0 Å². The SMILES string of the molecule is C=CCn1c(SC(C)C(=O)Nc2c(C)cccc2C(C)C)nnc1-c1ccccc1OC. The third-order valence-electron chi connectivity index (χ3n) is 5.20. The van der Waals surface area contributed by atoms with Crippen LogP contribution in [-0.4, -0.2) is 33.0 Å². The van der Waals surface area contributed by atoms with Gasteiger partial charge in [-0.3, -0.25) is 9.36 Å². The normalized spacial score (nSPS) is 11.9. The summed E-state index contributed by atoms with van der Waals surface area (Å²) in [5.41, 5.74) is 3.91. The van der Waals surface area contributed by atoms with E-state index in [4.69, 9.17) is 4.74 Å². The molecule has 0 radical (unpaired) electrons. The number of carbonyl (C=O) groups excluding carboxylic acids is 1. The number of aromatic nitrogens is 3. The van der Waals surface area contributed by atoms with Gasteiger partial charge in [0, 0.05) is 12.2 Å². The highest BCUT2D eigenvalue weighted by molar-refractivity contribution is 8.00. The Balaban J connectivity index is 1.85. The number of benzene rings is 2. The van der Waals surface area contributed by atoms with Crippen LogP contribution >= 0.6 is 11.8 Å². The van der Waals surface area contributed by atoms with Gasteiger partial charge in [0.25, 0.3) is 0 Å². The second kappa shape index (κ2) is 10.5. The Morgan fingerprint density at radius 3 is 2.62 bits per heavy atom. The maximum atomic E-state index is 13.1. The van der Waals surface area contributed by atoms with Crippen molar-refractivity contribution in [3.05, 3.63) is 66.2 Å². The van der Waals surface area contributed by atoms with Crippen molar-refractivity contribution < 1.29 is 9.53 Å². The van der Waals surface area contributed by atoms with Crippen LogP contribution in [0, 0.1) is 6.92 Å². The van der Waals surface area contributed by atoms with Gasteiger partial charge in [0.15, 0.2) is 11.0 Å². The lowest BCUT2D eigenvalue weighted by Crippen LogP contribution is -2.24. The summed E-state index contributed by atoms with van der Waals surface area (Å²) in [5.74, 6) is 1.64. The van der Waals surface area contributed by atoms with Crippen molar-refractivity contribution in [1.82, 2.24) is 14.8 Å². The summed E-state index contributed by atoms with van der Waals surface area (Å²) in [6.07, 6.45) is 1.79. The number of nitrogens with one attached hydrogen (secondary N) is 1. The van der Waals surface area contributed by atoms with Gasteiger partial charge in [0.1, 0.15) is 5.75 Å². The van der Waals surface area contributed by atoms with Crippen molar-refractivity contribution in [3.8, 4) is 17.1 Å². The van der Waals surface area contributed by atoms with Gasteiger partial charge in [-0.25, -0.2) is 0 Å². The first-order valence-electron chi connectivity index (χ1n) is 10.6. The fourth-order valence-corrected chi connectivity index (χ4v) is 4.34. The highest BCUT2D eigenvalue weighted by atomic mass is 32.2. The standard InChI is InChI=1S/C25H30N4O2S/c1-7-15-29-23(20-12-8-9-14-21(20)31-6)27-28-25(29)32-18(5)24(30)26-22-17(4)11-10-13-19(22)16(2)3/h7-14,16,18H,1,15H2,2-6H3,(H,26,30). The first-order valence-corrected chi connectivity index (χ1v) is 11.5. The van der Waals surface area contributed by atoms with Gasteiger partial charge in [0.2, 0.25) is 5.91 Å². The summed E-state index contributed by atoms with van der Waals surface area (Å²) in [7, 11) is 1.63. The van der Waals surface area contributed by atoms with Crippen LogP contribution in [0.4, 0.5) is 5.69 Å². The predicted molar refractivity (Wildman–Crippen MR) is 131 cm³/mol. The highest BCUT2D eigenvalue weighted by Gasteiger charge is 2.23. The van der Waals surface area contributed by atoms with E-state index in [0.717, 1.165) is 22.4 Å². The molecule has 0 aliphatic heterocycles. The molecule has 0 aliphatic carbocycles. The number of aryl methyl sites for hydroxylation is 1. The topological polar surface area (TPSA) is 69.0 Å². The molecule has 0 saturated carbocycles. The molecule has 7 heteroatoms. The molecule has 168 valence electrons. The second-order valence-electron chi connectivity index (χ2n) is 7.85. The van der Waals surface area contributed by atoms with Gasteiger partial charge in [-0.15, -0.1) is 16.8 Å². The van der Waals surface area contributed by atoms with Gasteiger partial charge < -0.3 is 10.1 Å². The summed E-state index contributed by atoms with van der Waals surface area (Å²) < 4.78 is 7.44. The Morgan fingerprint density at radius 1 is 1.19 bits per heavy atom. The zero-order valence-electron chi connectivity index (χ0n) is 19.3. The van der Waals surface area contributed by atoms with Crippen LogP contribution in [0.5, 0.6) is 5.75 Å². The number of allylic oxidation sites excluding steroid dienone is 1. The molecule has 1 atom stereocenters. The van der Waals surface area contributed by atoms with E-state index in [-0.39, 0.29) is 11.2 Å². The Labute approximate surface area is 194 Å². The van der Waals surface area contributed by atoms with E-state index < -0.39 is 0 Å². The van der Waals surface area contributed by atoms with Crippen LogP contribution in [0.2, 0.25) is 0 Å². The maximum absolute atomic E-state index is 13.1. The van der Waals surface area contributed by atoms with E-state index in [1.165, 1.54) is 11.8 Å². The Hall–Kier alpha value is -3.06. The van der Waals surface area contributed by atoms with Gasteiger partial charge in [0.05, 0.1) is 17.9 Å². The number of carbonyl (C=O) groups is 1. The van der Waals surface area contributed by atoms with Crippen LogP contribution in [0.25, 0.3) is 11.4 Å². The van der Waals surface area contributed by atoms with Crippen molar-refractivity contribution in [2.24, 2.45) is 0 Å². The molecular formula is C25H30N4O2S. The summed E-state index contributed by atoms with van der Waals surface area (Å²) in [6, 6.07) is 13.8. The van der Waals surface area contributed by atoms with Gasteiger partial charge in [-0.2, -0.15) is 0 Å². The Kier molecular flexibility index (Phi) is 7.75. The molecule has 1 N–H and O–H groups in total. The van der Waals surface area contributed by atoms with Gasteiger partial charge in [-0.05, 0) is 43.0 Å². The third kappa shape index (κ3) is 5.05.